The molecule has 1 N–H and O–H groups in total. The van der Waals surface area contributed by atoms with Gasteiger partial charge in [-0.05, 0) is 84.1 Å². The number of hydrogen-bond acceptors (Lipinski definition) is 8. The first kappa shape index (κ1) is 34.1. The number of halogens is 2. The van der Waals surface area contributed by atoms with Crippen LogP contribution in [-0.4, -0.2) is 53.9 Å². The second kappa shape index (κ2) is 14.1. The highest BCUT2D eigenvalue weighted by atomic mass is 19.1. The highest BCUT2D eigenvalue weighted by Crippen LogP contribution is 2.43. The Balaban J connectivity index is 1.65. The molecule has 8 nitrogen and oxygen atoms in total. The molecule has 1 saturated heterocycles. The molecule has 0 radical (unpaired) electrons. The Morgan fingerprint density at radius 1 is 1.07 bits per heavy atom. The van der Waals surface area contributed by atoms with E-state index in [2.05, 4.69) is 24.1 Å². The lowest BCUT2D eigenvalue weighted by Gasteiger charge is -2.41. The molecule has 1 atom stereocenters. The van der Waals surface area contributed by atoms with E-state index >= 15 is 0 Å². The number of carbonyl (C=O) groups excluding carboxylic acids is 1. The van der Waals surface area contributed by atoms with Crippen molar-refractivity contribution >= 4 is 17.3 Å². The van der Waals surface area contributed by atoms with E-state index in [4.69, 9.17) is 24.2 Å². The predicted molar refractivity (Wildman–Crippen MR) is 173 cm³/mol. The third-order valence-electron chi connectivity index (χ3n) is 7.64. The van der Waals surface area contributed by atoms with Crippen LogP contribution in [0, 0.1) is 24.0 Å². The van der Waals surface area contributed by atoms with E-state index in [1.165, 1.54) is 6.07 Å². The fourth-order valence-corrected chi connectivity index (χ4v) is 5.27. The van der Waals surface area contributed by atoms with Gasteiger partial charge >= 0.3 is 5.97 Å². The third kappa shape index (κ3) is 9.12. The quantitative estimate of drug-likeness (QED) is 0.172. The summed E-state index contributed by atoms with van der Waals surface area (Å²) in [7, 11) is 0. The van der Waals surface area contributed by atoms with Gasteiger partial charge in [0.25, 0.3) is 0 Å². The monoisotopic (exact) mass is 624 g/mol. The van der Waals surface area contributed by atoms with Crippen molar-refractivity contribution in [1.29, 1.82) is 0 Å². The summed E-state index contributed by atoms with van der Waals surface area (Å²) in [5.41, 5.74) is 4.12. The van der Waals surface area contributed by atoms with Crippen LogP contribution in [0.5, 0.6) is 5.75 Å². The molecule has 0 aliphatic carbocycles. The second-order valence-electron chi connectivity index (χ2n) is 13.5. The lowest BCUT2D eigenvalue weighted by atomic mass is 9.82. The van der Waals surface area contributed by atoms with Crippen LogP contribution < -0.4 is 15.0 Å². The number of rotatable bonds is 11. The number of piperidine rings is 1. The van der Waals surface area contributed by atoms with Crippen LogP contribution in [0.1, 0.15) is 78.7 Å². The number of anilines is 2. The van der Waals surface area contributed by atoms with Crippen molar-refractivity contribution < 1.29 is 27.8 Å². The van der Waals surface area contributed by atoms with Gasteiger partial charge in [0.1, 0.15) is 12.4 Å². The zero-order chi connectivity index (χ0) is 32.9. The standard InChI is InChI=1S/C35H46F2N4O4/c1-22(2)44-33(42)32(45-34(4,5)6)30-23(3)39-21-26(31(30)41-16-13-35(7,8)14-17-41)28-11-10-25(20-40-28)38-15-18-43-29-12-9-24(36)19-27(29)37/h9-12,19-22,32,38H,13-18H2,1-8H3/t32-/m0/s1. The Kier molecular flexibility index (Phi) is 10.7. The fraction of sp³-hybridized carbons (Fsp3) is 0.514. The van der Waals surface area contributed by atoms with Crippen LogP contribution in [0.15, 0.2) is 42.7 Å². The predicted octanol–water partition coefficient (Wildman–Crippen LogP) is 7.66. The van der Waals surface area contributed by atoms with Crippen LogP contribution in [0.2, 0.25) is 0 Å². The third-order valence-corrected chi connectivity index (χ3v) is 7.64. The SMILES string of the molecule is Cc1ncc(-c2ccc(NCCOc3ccc(F)cc3F)cn2)c(N2CCC(C)(C)CC2)c1[C@H](OC(C)(C)C)C(=O)OC(C)C. The van der Waals surface area contributed by atoms with Gasteiger partial charge in [-0.1, -0.05) is 13.8 Å². The zero-order valence-corrected chi connectivity index (χ0v) is 27.7. The maximum Gasteiger partial charge on any atom is 0.340 e. The van der Waals surface area contributed by atoms with E-state index in [1.807, 2.05) is 59.9 Å². The summed E-state index contributed by atoms with van der Waals surface area (Å²) in [6, 6.07) is 7.03. The average Bonchev–Trinajstić information content (AvgIpc) is 2.95. The molecule has 3 heterocycles. The normalized spacial score (nSPS) is 15.6. The number of aryl methyl sites for hydroxylation is 1. The topological polar surface area (TPSA) is 85.8 Å². The molecule has 1 fully saturated rings. The maximum absolute atomic E-state index is 13.9. The molecular formula is C35H46F2N4O4. The summed E-state index contributed by atoms with van der Waals surface area (Å²) in [4.78, 5) is 25.4. The van der Waals surface area contributed by atoms with Gasteiger partial charge in [-0.3, -0.25) is 9.97 Å². The molecule has 2 aromatic heterocycles. The summed E-state index contributed by atoms with van der Waals surface area (Å²) in [5.74, 6) is -1.85. The van der Waals surface area contributed by atoms with Crippen LogP contribution in [-0.2, 0) is 14.3 Å². The van der Waals surface area contributed by atoms with Crippen LogP contribution in [0.25, 0.3) is 11.3 Å². The first-order valence-electron chi connectivity index (χ1n) is 15.5. The van der Waals surface area contributed by atoms with Gasteiger partial charge in [0.2, 0.25) is 0 Å². The molecule has 0 spiro atoms. The zero-order valence-electron chi connectivity index (χ0n) is 27.7. The molecule has 45 heavy (non-hydrogen) atoms. The largest absolute Gasteiger partial charge is 0.489 e. The summed E-state index contributed by atoms with van der Waals surface area (Å²) < 4.78 is 44.6. The number of nitrogens with one attached hydrogen (secondary N) is 1. The molecule has 244 valence electrons. The van der Waals surface area contributed by atoms with E-state index in [-0.39, 0.29) is 23.9 Å². The van der Waals surface area contributed by atoms with Crippen molar-refractivity contribution in [1.82, 2.24) is 9.97 Å². The summed E-state index contributed by atoms with van der Waals surface area (Å²) in [6.45, 7) is 18.1. The number of aromatic nitrogens is 2. The molecule has 1 aromatic carbocycles. The van der Waals surface area contributed by atoms with Gasteiger partial charge in [-0.25, -0.2) is 13.6 Å². The van der Waals surface area contributed by atoms with E-state index in [1.54, 1.807) is 6.20 Å². The highest BCUT2D eigenvalue weighted by molar-refractivity contribution is 5.86. The maximum atomic E-state index is 13.9. The number of nitrogens with zero attached hydrogens (tertiary/aromatic N) is 3. The van der Waals surface area contributed by atoms with E-state index in [0.717, 1.165) is 55.0 Å². The molecular weight excluding hydrogens is 578 g/mol. The molecule has 1 aliphatic heterocycles. The molecule has 0 amide bonds. The molecule has 0 unspecified atom stereocenters. The smallest absolute Gasteiger partial charge is 0.340 e. The number of benzene rings is 1. The van der Waals surface area contributed by atoms with Gasteiger partial charge in [-0.15, -0.1) is 0 Å². The number of esters is 1. The lowest BCUT2D eigenvalue weighted by molar-refractivity contribution is -0.171. The van der Waals surface area contributed by atoms with Gasteiger partial charge in [0.05, 0.1) is 35.0 Å². The highest BCUT2D eigenvalue weighted by Gasteiger charge is 2.37. The van der Waals surface area contributed by atoms with Crippen molar-refractivity contribution in [3.05, 3.63) is 65.6 Å². The Morgan fingerprint density at radius 2 is 1.78 bits per heavy atom. The Hall–Kier alpha value is -3.79. The molecule has 10 heteroatoms. The number of hydrogen-bond donors (Lipinski definition) is 1. The molecule has 3 aromatic rings. The van der Waals surface area contributed by atoms with E-state index in [0.29, 0.717) is 23.5 Å². The van der Waals surface area contributed by atoms with E-state index in [9.17, 15) is 13.6 Å². The molecule has 0 saturated carbocycles. The minimum atomic E-state index is -0.975. The summed E-state index contributed by atoms with van der Waals surface area (Å²) in [6.07, 6.45) is 4.24. The molecule has 0 bridgehead atoms. The van der Waals surface area contributed by atoms with Crippen molar-refractivity contribution in [2.75, 3.05) is 36.5 Å². The van der Waals surface area contributed by atoms with Crippen LogP contribution in [0.4, 0.5) is 20.2 Å². The minimum Gasteiger partial charge on any atom is -0.489 e. The second-order valence-corrected chi connectivity index (χ2v) is 13.5. The lowest BCUT2D eigenvalue weighted by Crippen LogP contribution is -2.39. The first-order chi connectivity index (χ1) is 21.1. The van der Waals surface area contributed by atoms with Gasteiger partial charge in [0, 0.05) is 48.7 Å². The van der Waals surface area contributed by atoms with Crippen molar-refractivity contribution in [3.8, 4) is 17.0 Å². The first-order valence-corrected chi connectivity index (χ1v) is 15.5. The minimum absolute atomic E-state index is 0.00556. The van der Waals surface area contributed by atoms with Crippen LogP contribution in [0.3, 0.4) is 0 Å². The number of ether oxygens (including phenoxy) is 3. The average molecular weight is 625 g/mol. The Bertz CT molecular complexity index is 1460. The number of pyridine rings is 2. The molecule has 4 rings (SSSR count). The Morgan fingerprint density at radius 3 is 2.38 bits per heavy atom. The number of carbonyl (C=O) groups is 1. The van der Waals surface area contributed by atoms with Gasteiger partial charge < -0.3 is 24.4 Å². The van der Waals surface area contributed by atoms with Gasteiger partial charge in [0.15, 0.2) is 17.7 Å². The van der Waals surface area contributed by atoms with Crippen molar-refractivity contribution in [3.63, 3.8) is 0 Å². The molecule has 1 aliphatic rings. The van der Waals surface area contributed by atoms with Gasteiger partial charge in [-0.2, -0.15) is 0 Å². The summed E-state index contributed by atoms with van der Waals surface area (Å²) in [5, 5.41) is 3.22. The van der Waals surface area contributed by atoms with Crippen molar-refractivity contribution in [2.45, 2.75) is 86.0 Å². The van der Waals surface area contributed by atoms with Crippen LogP contribution >= 0.6 is 0 Å². The van der Waals surface area contributed by atoms with E-state index < -0.39 is 29.3 Å². The summed E-state index contributed by atoms with van der Waals surface area (Å²) >= 11 is 0. The van der Waals surface area contributed by atoms with Crippen molar-refractivity contribution in [2.24, 2.45) is 5.41 Å². The fourth-order valence-electron chi connectivity index (χ4n) is 5.27. The Labute approximate surface area is 265 Å².